The van der Waals surface area contributed by atoms with Crippen LogP contribution in [0.4, 0.5) is 5.69 Å². The molecule has 1 saturated heterocycles. The minimum atomic E-state index is -3.36. The Morgan fingerprint density at radius 3 is 2.58 bits per heavy atom. The molecule has 1 heterocycles. The lowest BCUT2D eigenvalue weighted by molar-refractivity contribution is -0.122. The van der Waals surface area contributed by atoms with E-state index in [1.54, 1.807) is 30.0 Å². The zero-order valence-corrected chi connectivity index (χ0v) is 19.0. The lowest BCUT2D eigenvalue weighted by Crippen LogP contribution is -2.50. The monoisotopic (exact) mass is 451 g/mol. The number of benzene rings is 1. The summed E-state index contributed by atoms with van der Waals surface area (Å²) >= 11 is 0. The molecule has 0 spiro atoms. The number of unbranched alkanes of at least 4 members (excludes halogenated alkanes) is 1. The zero-order valence-electron chi connectivity index (χ0n) is 18.2. The van der Waals surface area contributed by atoms with Crippen LogP contribution in [0.15, 0.2) is 18.2 Å². The van der Waals surface area contributed by atoms with Gasteiger partial charge in [0.25, 0.3) is 5.91 Å². The van der Waals surface area contributed by atoms with Crippen LogP contribution in [0.25, 0.3) is 0 Å². The van der Waals surface area contributed by atoms with E-state index in [4.69, 9.17) is 5.73 Å². The Morgan fingerprint density at radius 2 is 1.97 bits per heavy atom. The quantitative estimate of drug-likeness (QED) is 0.486. The van der Waals surface area contributed by atoms with Crippen molar-refractivity contribution in [1.29, 1.82) is 0 Å². The van der Waals surface area contributed by atoms with Gasteiger partial charge in [0.15, 0.2) is 0 Å². The van der Waals surface area contributed by atoms with E-state index in [0.29, 0.717) is 49.2 Å². The number of rotatable bonds is 9. The third-order valence-electron chi connectivity index (χ3n) is 5.25. The van der Waals surface area contributed by atoms with Crippen LogP contribution in [0.1, 0.15) is 55.5 Å². The average molecular weight is 452 g/mol. The Kier molecular flexibility index (Phi) is 8.58. The van der Waals surface area contributed by atoms with Gasteiger partial charge >= 0.3 is 0 Å². The summed E-state index contributed by atoms with van der Waals surface area (Å²) in [4.78, 5) is 37.8. The molecular formula is C21H31N4O5S. The number of likely N-dealkylation sites (tertiary alicyclic amines) is 1. The van der Waals surface area contributed by atoms with Crippen molar-refractivity contribution < 1.29 is 22.8 Å². The van der Waals surface area contributed by atoms with Crippen molar-refractivity contribution in [3.63, 3.8) is 0 Å². The molecule has 0 saturated carbocycles. The first kappa shape index (κ1) is 24.8. The van der Waals surface area contributed by atoms with Gasteiger partial charge in [0.05, 0.1) is 5.75 Å². The molecule has 171 valence electrons. The van der Waals surface area contributed by atoms with Crippen molar-refractivity contribution >= 4 is 33.4 Å². The van der Waals surface area contributed by atoms with Crippen molar-refractivity contribution in [1.82, 2.24) is 9.62 Å². The van der Waals surface area contributed by atoms with Gasteiger partial charge in [0.2, 0.25) is 21.8 Å². The molecule has 4 N–H and O–H groups in total. The summed E-state index contributed by atoms with van der Waals surface area (Å²) in [5.74, 6) is -1.61. The fourth-order valence-corrected chi connectivity index (χ4v) is 4.88. The molecule has 31 heavy (non-hydrogen) atoms. The molecule has 1 aliphatic heterocycles. The van der Waals surface area contributed by atoms with Crippen LogP contribution in [0.2, 0.25) is 0 Å². The Hall–Kier alpha value is -2.46. The number of sulfonamides is 1. The van der Waals surface area contributed by atoms with Gasteiger partial charge in [-0.05, 0) is 56.9 Å². The van der Waals surface area contributed by atoms with Crippen LogP contribution in [0.3, 0.4) is 0 Å². The molecule has 10 heteroatoms. The van der Waals surface area contributed by atoms with Crippen molar-refractivity contribution in [2.45, 2.75) is 52.5 Å². The summed E-state index contributed by atoms with van der Waals surface area (Å²) in [5.41, 5.74) is 6.69. The maximum Gasteiger partial charge on any atom is 0.254 e. The molecule has 0 aliphatic carbocycles. The van der Waals surface area contributed by atoms with E-state index in [1.807, 2.05) is 6.92 Å². The third-order valence-corrected chi connectivity index (χ3v) is 6.76. The van der Waals surface area contributed by atoms with Gasteiger partial charge in [-0.1, -0.05) is 13.3 Å². The van der Waals surface area contributed by atoms with Gasteiger partial charge in [-0.15, -0.1) is 0 Å². The molecule has 1 radical (unpaired) electrons. The summed E-state index contributed by atoms with van der Waals surface area (Å²) in [5, 5.41) is 2.58. The SMILES string of the molecule is CCCCS(=O)(=O)NC1CCCN(C(=O)c2ccc(NC(=O)[C](C)C(N)=O)cc2C)C1. The Labute approximate surface area is 183 Å². The highest BCUT2D eigenvalue weighted by atomic mass is 32.2. The molecule has 2 rings (SSSR count). The first-order chi connectivity index (χ1) is 14.5. The average Bonchev–Trinajstić information content (AvgIpc) is 2.71. The van der Waals surface area contributed by atoms with Gasteiger partial charge in [-0.25, -0.2) is 13.1 Å². The fraction of sp³-hybridized carbons (Fsp3) is 0.524. The van der Waals surface area contributed by atoms with Crippen molar-refractivity contribution in [3.8, 4) is 0 Å². The normalized spacial score (nSPS) is 16.9. The second-order valence-electron chi connectivity index (χ2n) is 7.85. The molecule has 0 aromatic heterocycles. The molecule has 1 aromatic carbocycles. The van der Waals surface area contributed by atoms with Crippen molar-refractivity contribution in [3.05, 3.63) is 35.2 Å². The van der Waals surface area contributed by atoms with Crippen LogP contribution in [0, 0.1) is 12.8 Å². The van der Waals surface area contributed by atoms with Crippen LogP contribution < -0.4 is 15.8 Å². The summed E-state index contributed by atoms with van der Waals surface area (Å²) in [7, 11) is -3.36. The van der Waals surface area contributed by atoms with Gasteiger partial charge in [0.1, 0.15) is 5.92 Å². The number of primary amides is 1. The fourth-order valence-electron chi connectivity index (χ4n) is 3.39. The molecule has 1 fully saturated rings. The highest BCUT2D eigenvalue weighted by Crippen LogP contribution is 2.20. The minimum Gasteiger partial charge on any atom is -0.369 e. The third kappa shape index (κ3) is 7.03. The standard InChI is InChI=1S/C21H31N4O5S/c1-4-5-11-31(29,30)24-17-7-6-10-25(13-17)21(28)18-9-8-16(12-14(18)2)23-20(27)15(3)19(22)26/h8-9,12,17,24H,4-7,10-11,13H2,1-3H3,(H2,22,26)(H,23,27). The Morgan fingerprint density at radius 1 is 1.26 bits per heavy atom. The summed E-state index contributed by atoms with van der Waals surface area (Å²) < 4.78 is 27.1. The van der Waals surface area contributed by atoms with Gasteiger partial charge in [-0.2, -0.15) is 0 Å². The minimum absolute atomic E-state index is 0.0902. The van der Waals surface area contributed by atoms with Crippen LogP contribution >= 0.6 is 0 Å². The summed E-state index contributed by atoms with van der Waals surface area (Å²) in [6.07, 6.45) is 2.80. The number of anilines is 1. The second-order valence-corrected chi connectivity index (χ2v) is 9.73. The lowest BCUT2D eigenvalue weighted by Gasteiger charge is -2.33. The van der Waals surface area contributed by atoms with E-state index in [-0.39, 0.29) is 23.6 Å². The van der Waals surface area contributed by atoms with Gasteiger partial charge in [-0.3, -0.25) is 14.4 Å². The molecule has 1 atom stereocenters. The lowest BCUT2D eigenvalue weighted by atomic mass is 10.0. The first-order valence-electron chi connectivity index (χ1n) is 10.4. The van der Waals surface area contributed by atoms with Crippen molar-refractivity contribution in [2.24, 2.45) is 5.73 Å². The number of carbonyl (C=O) groups excluding carboxylic acids is 3. The molecule has 1 aromatic rings. The van der Waals surface area contributed by atoms with E-state index < -0.39 is 21.8 Å². The summed E-state index contributed by atoms with van der Waals surface area (Å²) in [6, 6.07) is 4.54. The molecule has 0 bridgehead atoms. The second kappa shape index (κ2) is 10.7. The van der Waals surface area contributed by atoms with E-state index >= 15 is 0 Å². The van der Waals surface area contributed by atoms with E-state index in [0.717, 1.165) is 6.42 Å². The van der Waals surface area contributed by atoms with Crippen LogP contribution in [0.5, 0.6) is 0 Å². The maximum absolute atomic E-state index is 13.0. The maximum atomic E-state index is 13.0. The zero-order chi connectivity index (χ0) is 23.2. The van der Waals surface area contributed by atoms with Crippen LogP contribution in [-0.4, -0.2) is 55.9 Å². The number of amides is 3. The molecule has 9 nitrogen and oxygen atoms in total. The summed E-state index contributed by atoms with van der Waals surface area (Å²) in [6.45, 7) is 5.90. The van der Waals surface area contributed by atoms with E-state index in [1.165, 1.54) is 6.92 Å². The predicted molar refractivity (Wildman–Crippen MR) is 119 cm³/mol. The van der Waals surface area contributed by atoms with Crippen molar-refractivity contribution in [2.75, 3.05) is 24.2 Å². The predicted octanol–water partition coefficient (Wildman–Crippen LogP) is 1.34. The molecule has 1 aliphatic rings. The number of carbonyl (C=O) groups is 3. The highest BCUT2D eigenvalue weighted by molar-refractivity contribution is 7.89. The number of aryl methyl sites for hydroxylation is 1. The number of nitrogens with two attached hydrogens (primary N) is 1. The topological polar surface area (TPSA) is 139 Å². The number of hydrogen-bond acceptors (Lipinski definition) is 5. The van der Waals surface area contributed by atoms with Gasteiger partial charge < -0.3 is 16.0 Å². The number of nitrogens with zero attached hydrogens (tertiary/aromatic N) is 1. The Balaban J connectivity index is 2.05. The first-order valence-corrected chi connectivity index (χ1v) is 12.0. The van der Waals surface area contributed by atoms with E-state index in [2.05, 4.69) is 10.0 Å². The smallest absolute Gasteiger partial charge is 0.254 e. The number of nitrogens with one attached hydrogen (secondary N) is 2. The molecule has 1 unspecified atom stereocenters. The number of hydrogen-bond donors (Lipinski definition) is 3. The highest BCUT2D eigenvalue weighted by Gasteiger charge is 2.28. The van der Waals surface area contributed by atoms with Crippen LogP contribution in [-0.2, 0) is 19.6 Å². The molecule has 3 amide bonds. The number of piperidine rings is 1. The van der Waals surface area contributed by atoms with E-state index in [9.17, 15) is 22.8 Å². The largest absolute Gasteiger partial charge is 0.369 e. The van der Waals surface area contributed by atoms with Gasteiger partial charge in [0, 0.05) is 30.4 Å². The Bertz CT molecular complexity index is 932. The molecular weight excluding hydrogens is 420 g/mol.